The molecule has 0 aromatic heterocycles. The first-order valence-corrected chi connectivity index (χ1v) is 5.88. The summed E-state index contributed by atoms with van der Waals surface area (Å²) in [6.45, 7) is 6.33. The van der Waals surface area contributed by atoms with Crippen LogP contribution in [0.1, 0.15) is 25.8 Å². The molecule has 0 heterocycles. The largest absolute Gasteiger partial charge is 0.492 e. The minimum Gasteiger partial charge on any atom is -0.492 e. The zero-order chi connectivity index (χ0) is 12.8. The van der Waals surface area contributed by atoms with Gasteiger partial charge in [0.15, 0.2) is 0 Å². The van der Waals surface area contributed by atoms with Crippen LogP contribution in [-0.4, -0.2) is 18.6 Å². The number of aryl methyl sites for hydroxylation is 1. The third-order valence-corrected chi connectivity index (χ3v) is 2.47. The molecule has 4 nitrogen and oxygen atoms in total. The highest BCUT2D eigenvalue weighted by molar-refractivity contribution is 5.95. The van der Waals surface area contributed by atoms with Crippen molar-refractivity contribution in [3.05, 3.63) is 23.8 Å². The molecule has 0 fully saturated rings. The Balaban J connectivity index is 2.86. The number of ether oxygens (including phenoxy) is 1. The first-order chi connectivity index (χ1) is 8.08. The summed E-state index contributed by atoms with van der Waals surface area (Å²) < 4.78 is 5.48. The molecule has 0 spiro atoms. The van der Waals surface area contributed by atoms with Gasteiger partial charge in [0.2, 0.25) is 5.91 Å². The minimum absolute atomic E-state index is 0.183. The monoisotopic (exact) mass is 236 g/mol. The second-order valence-electron chi connectivity index (χ2n) is 3.94. The smallest absolute Gasteiger partial charge is 0.241 e. The van der Waals surface area contributed by atoms with Gasteiger partial charge in [0.05, 0.1) is 18.3 Å². The molecule has 17 heavy (non-hydrogen) atoms. The highest BCUT2D eigenvalue weighted by Crippen LogP contribution is 2.25. The van der Waals surface area contributed by atoms with E-state index in [0.29, 0.717) is 24.5 Å². The van der Waals surface area contributed by atoms with Crippen LogP contribution in [0.25, 0.3) is 0 Å². The van der Waals surface area contributed by atoms with Crippen molar-refractivity contribution in [2.24, 2.45) is 5.73 Å². The van der Waals surface area contributed by atoms with Crippen LogP contribution in [-0.2, 0) is 4.79 Å². The van der Waals surface area contributed by atoms with Crippen LogP contribution in [0.4, 0.5) is 5.69 Å². The lowest BCUT2D eigenvalue weighted by Gasteiger charge is -2.14. The predicted molar refractivity (Wildman–Crippen MR) is 69.2 cm³/mol. The van der Waals surface area contributed by atoms with Gasteiger partial charge in [0.25, 0.3) is 0 Å². The van der Waals surface area contributed by atoms with E-state index in [0.717, 1.165) is 5.56 Å². The first-order valence-electron chi connectivity index (χ1n) is 5.88. The summed E-state index contributed by atoms with van der Waals surface area (Å²) in [4.78, 5) is 11.7. The van der Waals surface area contributed by atoms with E-state index in [1.165, 1.54) is 0 Å². The number of anilines is 1. The molecular weight excluding hydrogens is 216 g/mol. The van der Waals surface area contributed by atoms with Crippen LogP contribution in [0.15, 0.2) is 18.2 Å². The maximum absolute atomic E-state index is 11.7. The van der Waals surface area contributed by atoms with E-state index in [-0.39, 0.29) is 5.91 Å². The molecule has 0 aliphatic heterocycles. The number of benzene rings is 1. The number of hydrogen-bond acceptors (Lipinski definition) is 3. The molecule has 0 radical (unpaired) electrons. The fourth-order valence-electron chi connectivity index (χ4n) is 1.42. The lowest BCUT2D eigenvalue weighted by molar-refractivity contribution is -0.117. The summed E-state index contributed by atoms with van der Waals surface area (Å²) in [5.41, 5.74) is 7.43. The minimum atomic E-state index is -0.481. The van der Waals surface area contributed by atoms with Crippen molar-refractivity contribution in [2.45, 2.75) is 33.2 Å². The van der Waals surface area contributed by atoms with Crippen molar-refractivity contribution in [3.8, 4) is 5.75 Å². The molecule has 3 N–H and O–H groups in total. The van der Waals surface area contributed by atoms with Gasteiger partial charge < -0.3 is 15.8 Å². The van der Waals surface area contributed by atoms with Crippen molar-refractivity contribution in [2.75, 3.05) is 11.9 Å². The summed E-state index contributed by atoms with van der Waals surface area (Å²) in [5, 5.41) is 2.78. The summed E-state index contributed by atoms with van der Waals surface area (Å²) in [6, 6.07) is 5.18. The molecule has 1 aromatic carbocycles. The van der Waals surface area contributed by atoms with Crippen molar-refractivity contribution in [1.29, 1.82) is 0 Å². The van der Waals surface area contributed by atoms with Crippen LogP contribution in [0.5, 0.6) is 5.75 Å². The lowest BCUT2D eigenvalue weighted by Crippen LogP contribution is -2.34. The summed E-state index contributed by atoms with van der Waals surface area (Å²) in [5.74, 6) is 0.501. The lowest BCUT2D eigenvalue weighted by atomic mass is 10.2. The van der Waals surface area contributed by atoms with Gasteiger partial charge in [0.1, 0.15) is 5.75 Å². The number of nitrogens with two attached hydrogens (primary N) is 1. The summed E-state index contributed by atoms with van der Waals surface area (Å²) >= 11 is 0. The van der Waals surface area contributed by atoms with Gasteiger partial charge in [-0.3, -0.25) is 4.79 Å². The highest BCUT2D eigenvalue weighted by Gasteiger charge is 2.13. The Labute approximate surface area is 102 Å². The quantitative estimate of drug-likeness (QED) is 0.822. The molecule has 1 aromatic rings. The summed E-state index contributed by atoms with van der Waals surface area (Å²) in [7, 11) is 0. The molecule has 0 aliphatic rings. The average molecular weight is 236 g/mol. The van der Waals surface area contributed by atoms with Crippen molar-refractivity contribution >= 4 is 11.6 Å². The second-order valence-corrected chi connectivity index (χ2v) is 3.94. The zero-order valence-electron chi connectivity index (χ0n) is 10.6. The number of amides is 1. The number of rotatable bonds is 5. The molecule has 1 amide bonds. The van der Waals surface area contributed by atoms with Crippen molar-refractivity contribution in [3.63, 3.8) is 0 Å². The Bertz CT molecular complexity index is 391. The average Bonchev–Trinajstić information content (AvgIpc) is 2.31. The molecule has 1 rings (SSSR count). The van der Waals surface area contributed by atoms with Gasteiger partial charge >= 0.3 is 0 Å². The van der Waals surface area contributed by atoms with E-state index in [1.807, 2.05) is 39.0 Å². The van der Waals surface area contributed by atoms with E-state index in [2.05, 4.69) is 5.32 Å². The molecule has 0 saturated carbocycles. The van der Waals surface area contributed by atoms with Crippen LogP contribution >= 0.6 is 0 Å². The first kappa shape index (κ1) is 13.5. The van der Waals surface area contributed by atoms with Crippen LogP contribution in [0.3, 0.4) is 0 Å². The highest BCUT2D eigenvalue weighted by atomic mass is 16.5. The van der Waals surface area contributed by atoms with E-state index in [9.17, 15) is 4.79 Å². The standard InChI is InChI=1S/C13H20N2O2/c1-4-10(14)13(16)15-11-7-6-9(3)8-12(11)17-5-2/h6-8,10H,4-5,14H2,1-3H3,(H,15,16)/t10-/m1/s1. The van der Waals surface area contributed by atoms with Crippen LogP contribution in [0.2, 0.25) is 0 Å². The number of hydrogen-bond donors (Lipinski definition) is 2. The Morgan fingerprint density at radius 2 is 2.18 bits per heavy atom. The Morgan fingerprint density at radius 3 is 2.76 bits per heavy atom. The second kappa shape index (κ2) is 6.25. The molecule has 0 bridgehead atoms. The topological polar surface area (TPSA) is 64.3 Å². The van der Waals surface area contributed by atoms with Crippen LogP contribution in [0, 0.1) is 6.92 Å². The van der Waals surface area contributed by atoms with Gasteiger partial charge in [-0.1, -0.05) is 13.0 Å². The molecule has 1 atom stereocenters. The molecule has 94 valence electrons. The maximum atomic E-state index is 11.7. The summed E-state index contributed by atoms with van der Waals surface area (Å²) in [6.07, 6.45) is 0.613. The van der Waals surface area contributed by atoms with Crippen molar-refractivity contribution < 1.29 is 9.53 Å². The van der Waals surface area contributed by atoms with Gasteiger partial charge in [0, 0.05) is 0 Å². The molecule has 0 saturated heterocycles. The molecule has 0 unspecified atom stereocenters. The SMILES string of the molecule is CCOc1cc(C)ccc1NC(=O)[C@H](N)CC. The van der Waals surface area contributed by atoms with Crippen molar-refractivity contribution in [1.82, 2.24) is 0 Å². The molecule has 4 heteroatoms. The van der Waals surface area contributed by atoms with E-state index < -0.39 is 6.04 Å². The fraction of sp³-hybridized carbons (Fsp3) is 0.462. The molecule has 0 aliphatic carbocycles. The fourth-order valence-corrected chi connectivity index (χ4v) is 1.42. The van der Waals surface area contributed by atoms with Gasteiger partial charge in [-0.2, -0.15) is 0 Å². The third-order valence-electron chi connectivity index (χ3n) is 2.47. The Hall–Kier alpha value is -1.55. The van der Waals surface area contributed by atoms with E-state index in [4.69, 9.17) is 10.5 Å². The maximum Gasteiger partial charge on any atom is 0.241 e. The predicted octanol–water partition coefficient (Wildman–Crippen LogP) is 2.07. The number of nitrogens with one attached hydrogen (secondary N) is 1. The van der Waals surface area contributed by atoms with E-state index >= 15 is 0 Å². The van der Waals surface area contributed by atoms with Gasteiger partial charge in [-0.05, 0) is 38.0 Å². The Kier molecular flexibility index (Phi) is 4.97. The van der Waals surface area contributed by atoms with E-state index in [1.54, 1.807) is 0 Å². The van der Waals surface area contributed by atoms with Gasteiger partial charge in [-0.15, -0.1) is 0 Å². The zero-order valence-corrected chi connectivity index (χ0v) is 10.6. The Morgan fingerprint density at radius 1 is 1.47 bits per heavy atom. The van der Waals surface area contributed by atoms with Crippen LogP contribution < -0.4 is 15.8 Å². The number of carbonyl (C=O) groups is 1. The number of carbonyl (C=O) groups excluding carboxylic acids is 1. The van der Waals surface area contributed by atoms with Gasteiger partial charge in [-0.25, -0.2) is 0 Å². The molecular formula is C13H20N2O2. The normalized spacial score (nSPS) is 12.0. The third kappa shape index (κ3) is 3.75.